The van der Waals surface area contributed by atoms with Gasteiger partial charge in [-0.05, 0) is 37.5 Å². The first-order valence-corrected chi connectivity index (χ1v) is 9.37. The maximum Gasteiger partial charge on any atom is 0.345 e. The van der Waals surface area contributed by atoms with Gasteiger partial charge < -0.3 is 14.4 Å². The van der Waals surface area contributed by atoms with Gasteiger partial charge in [-0.1, -0.05) is 6.07 Å². The highest BCUT2D eigenvalue weighted by Gasteiger charge is 2.29. The zero-order valence-electron chi connectivity index (χ0n) is 15.7. The molecule has 0 saturated carbocycles. The first kappa shape index (κ1) is 17.6. The van der Waals surface area contributed by atoms with Crippen LogP contribution < -0.4 is 15.2 Å². The number of aromatic nitrogens is 3. The molecule has 8 nitrogen and oxygen atoms in total. The Bertz CT molecular complexity index is 917. The third-order valence-electron chi connectivity index (χ3n) is 5.28. The van der Waals surface area contributed by atoms with Crippen molar-refractivity contribution < 1.29 is 14.3 Å². The third-order valence-corrected chi connectivity index (χ3v) is 5.28. The van der Waals surface area contributed by atoms with Gasteiger partial charge in [-0.15, -0.1) is 0 Å². The second kappa shape index (κ2) is 7.09. The van der Waals surface area contributed by atoms with Crippen molar-refractivity contribution in [3.05, 3.63) is 40.1 Å². The quantitative estimate of drug-likeness (QED) is 0.808. The highest BCUT2D eigenvalue weighted by molar-refractivity contribution is 5.79. The fourth-order valence-electron chi connectivity index (χ4n) is 3.87. The largest absolute Gasteiger partial charge is 0.454 e. The molecule has 1 amide bonds. The number of carbonyl (C=O) groups excluding carboxylic acids is 1. The molecular weight excluding hydrogens is 348 g/mol. The Morgan fingerprint density at radius 2 is 2.11 bits per heavy atom. The molecule has 1 fully saturated rings. The third kappa shape index (κ3) is 3.31. The summed E-state index contributed by atoms with van der Waals surface area (Å²) >= 11 is 0. The number of hydrogen-bond donors (Lipinski definition) is 0. The van der Waals surface area contributed by atoms with E-state index in [1.165, 1.54) is 4.68 Å². The minimum Gasteiger partial charge on any atom is -0.454 e. The van der Waals surface area contributed by atoms with Crippen LogP contribution in [-0.4, -0.2) is 45.0 Å². The Morgan fingerprint density at radius 3 is 2.93 bits per heavy atom. The molecule has 2 aliphatic heterocycles. The van der Waals surface area contributed by atoms with E-state index in [4.69, 9.17) is 9.47 Å². The number of likely N-dealkylation sites (tertiary alicyclic amines) is 1. The number of carbonyl (C=O) groups is 1. The molecule has 1 aromatic carbocycles. The standard InChI is InChI=1S/C19H24N4O4/c1-3-23-18(20-21(2)19(23)25)14-5-4-8-22(11-14)17(24)10-13-6-7-15-16(9-13)27-12-26-15/h6-7,9,14H,3-5,8,10-12H2,1-2H3. The van der Waals surface area contributed by atoms with E-state index in [-0.39, 0.29) is 24.3 Å². The number of nitrogens with zero attached hydrogens (tertiary/aromatic N) is 4. The van der Waals surface area contributed by atoms with Crippen LogP contribution in [0.4, 0.5) is 0 Å². The van der Waals surface area contributed by atoms with E-state index in [0.717, 1.165) is 36.5 Å². The maximum absolute atomic E-state index is 12.8. The molecule has 2 aliphatic rings. The van der Waals surface area contributed by atoms with Crippen molar-refractivity contribution >= 4 is 5.91 Å². The Morgan fingerprint density at radius 1 is 1.30 bits per heavy atom. The number of hydrogen-bond acceptors (Lipinski definition) is 5. The van der Waals surface area contributed by atoms with Gasteiger partial charge in [-0.3, -0.25) is 9.36 Å². The Kier molecular flexibility index (Phi) is 4.63. The second-order valence-corrected chi connectivity index (χ2v) is 7.05. The molecule has 27 heavy (non-hydrogen) atoms. The van der Waals surface area contributed by atoms with Crippen LogP contribution in [0.25, 0.3) is 0 Å². The average molecular weight is 372 g/mol. The van der Waals surface area contributed by atoms with E-state index in [9.17, 15) is 9.59 Å². The summed E-state index contributed by atoms with van der Waals surface area (Å²) in [4.78, 5) is 26.9. The number of ether oxygens (including phenoxy) is 2. The van der Waals surface area contributed by atoms with Crippen LogP contribution in [0.1, 0.15) is 37.1 Å². The van der Waals surface area contributed by atoms with Crippen molar-refractivity contribution in [3.63, 3.8) is 0 Å². The lowest BCUT2D eigenvalue weighted by Gasteiger charge is -2.32. The molecule has 1 aromatic heterocycles. The van der Waals surface area contributed by atoms with Crippen molar-refractivity contribution in [2.75, 3.05) is 19.9 Å². The summed E-state index contributed by atoms with van der Waals surface area (Å²) in [6, 6.07) is 5.62. The van der Waals surface area contributed by atoms with Gasteiger partial charge in [0.2, 0.25) is 12.7 Å². The van der Waals surface area contributed by atoms with Crippen molar-refractivity contribution in [3.8, 4) is 11.5 Å². The molecule has 144 valence electrons. The summed E-state index contributed by atoms with van der Waals surface area (Å²) in [6.45, 7) is 4.09. The van der Waals surface area contributed by atoms with Crippen LogP contribution in [0.5, 0.6) is 11.5 Å². The van der Waals surface area contributed by atoms with Crippen molar-refractivity contribution in [1.29, 1.82) is 0 Å². The molecule has 8 heteroatoms. The minimum atomic E-state index is -0.101. The summed E-state index contributed by atoms with van der Waals surface area (Å²) < 4.78 is 13.8. The van der Waals surface area contributed by atoms with E-state index in [1.807, 2.05) is 30.0 Å². The second-order valence-electron chi connectivity index (χ2n) is 7.05. The molecule has 3 heterocycles. The average Bonchev–Trinajstić information content (AvgIpc) is 3.26. The normalized spacial score (nSPS) is 18.7. The van der Waals surface area contributed by atoms with Crippen LogP contribution in [0.3, 0.4) is 0 Å². The molecule has 1 atom stereocenters. The topological polar surface area (TPSA) is 78.6 Å². The molecule has 1 unspecified atom stereocenters. The summed E-state index contributed by atoms with van der Waals surface area (Å²) in [7, 11) is 1.67. The number of piperidine rings is 1. The lowest BCUT2D eigenvalue weighted by Crippen LogP contribution is -2.40. The van der Waals surface area contributed by atoms with Crippen molar-refractivity contribution in [1.82, 2.24) is 19.2 Å². The molecule has 0 bridgehead atoms. The summed E-state index contributed by atoms with van der Waals surface area (Å²) in [5, 5.41) is 4.42. The first-order chi connectivity index (χ1) is 13.1. The highest BCUT2D eigenvalue weighted by Crippen LogP contribution is 2.33. The van der Waals surface area contributed by atoms with Crippen LogP contribution in [0.15, 0.2) is 23.0 Å². The van der Waals surface area contributed by atoms with E-state index in [1.54, 1.807) is 11.6 Å². The summed E-state index contributed by atoms with van der Waals surface area (Å²) in [6.07, 6.45) is 2.17. The molecule has 0 aliphatic carbocycles. The zero-order valence-corrected chi connectivity index (χ0v) is 15.7. The predicted molar refractivity (Wildman–Crippen MR) is 98.0 cm³/mol. The van der Waals surface area contributed by atoms with Gasteiger partial charge >= 0.3 is 5.69 Å². The van der Waals surface area contributed by atoms with Gasteiger partial charge in [0.05, 0.1) is 6.42 Å². The molecule has 2 aromatic rings. The van der Waals surface area contributed by atoms with Gasteiger partial charge in [-0.2, -0.15) is 5.10 Å². The van der Waals surface area contributed by atoms with E-state index >= 15 is 0 Å². The lowest BCUT2D eigenvalue weighted by molar-refractivity contribution is -0.131. The first-order valence-electron chi connectivity index (χ1n) is 9.37. The van der Waals surface area contributed by atoms with Crippen LogP contribution in [-0.2, 0) is 24.8 Å². The Balaban J connectivity index is 1.47. The van der Waals surface area contributed by atoms with E-state index < -0.39 is 0 Å². The summed E-state index contributed by atoms with van der Waals surface area (Å²) in [5.74, 6) is 2.37. The fourth-order valence-corrected chi connectivity index (χ4v) is 3.87. The highest BCUT2D eigenvalue weighted by atomic mass is 16.7. The van der Waals surface area contributed by atoms with E-state index in [0.29, 0.717) is 25.3 Å². The maximum atomic E-state index is 12.8. The molecule has 0 spiro atoms. The molecule has 1 saturated heterocycles. The number of benzene rings is 1. The smallest absolute Gasteiger partial charge is 0.345 e. The lowest BCUT2D eigenvalue weighted by atomic mass is 9.96. The Hall–Kier alpha value is -2.77. The zero-order chi connectivity index (χ0) is 19.0. The van der Waals surface area contributed by atoms with E-state index in [2.05, 4.69) is 5.10 Å². The van der Waals surface area contributed by atoms with Crippen LogP contribution in [0.2, 0.25) is 0 Å². The van der Waals surface area contributed by atoms with Crippen molar-refractivity contribution in [2.45, 2.75) is 38.6 Å². The van der Waals surface area contributed by atoms with Crippen LogP contribution >= 0.6 is 0 Å². The van der Waals surface area contributed by atoms with Gasteiger partial charge in [0.1, 0.15) is 5.82 Å². The number of amides is 1. The molecule has 0 radical (unpaired) electrons. The van der Waals surface area contributed by atoms with Gasteiger partial charge in [-0.25, -0.2) is 9.48 Å². The SMILES string of the molecule is CCn1c(C2CCCN(C(=O)Cc3ccc4c(c3)OCO4)C2)nn(C)c1=O. The molecular formula is C19H24N4O4. The number of fused-ring (bicyclic) bond motifs is 1. The molecule has 4 rings (SSSR count). The fraction of sp³-hybridized carbons (Fsp3) is 0.526. The van der Waals surface area contributed by atoms with Gasteiger partial charge in [0.15, 0.2) is 11.5 Å². The number of rotatable bonds is 4. The van der Waals surface area contributed by atoms with Crippen LogP contribution in [0, 0.1) is 0 Å². The van der Waals surface area contributed by atoms with Gasteiger partial charge in [0, 0.05) is 32.6 Å². The van der Waals surface area contributed by atoms with Gasteiger partial charge in [0.25, 0.3) is 0 Å². The summed E-state index contributed by atoms with van der Waals surface area (Å²) in [5.41, 5.74) is 0.811. The van der Waals surface area contributed by atoms with Crippen molar-refractivity contribution in [2.24, 2.45) is 7.05 Å². The Labute approximate surface area is 157 Å². The predicted octanol–water partition coefficient (Wildman–Crippen LogP) is 1.28. The molecule has 0 N–H and O–H groups in total. The number of aryl methyl sites for hydroxylation is 1. The monoisotopic (exact) mass is 372 g/mol. The minimum absolute atomic E-state index is 0.0832.